The summed E-state index contributed by atoms with van der Waals surface area (Å²) in [6.45, 7) is 4.14. The maximum absolute atomic E-state index is 9.49. The Bertz CT molecular complexity index is 360. The van der Waals surface area contributed by atoms with Crippen molar-refractivity contribution < 1.29 is 5.11 Å². The molecule has 1 aromatic rings. The van der Waals surface area contributed by atoms with Crippen LogP contribution in [0.4, 0.5) is 11.6 Å². The largest absolute Gasteiger partial charge is 0.394 e. The number of aliphatic hydroxyl groups is 1. The van der Waals surface area contributed by atoms with Crippen LogP contribution in [0.1, 0.15) is 26.7 Å². The Hall–Kier alpha value is -1.01. The van der Waals surface area contributed by atoms with Crippen LogP contribution in [0.25, 0.3) is 0 Å². The molecule has 0 fully saturated rings. The van der Waals surface area contributed by atoms with Crippen molar-refractivity contribution in [1.82, 2.24) is 9.97 Å². The lowest BCUT2D eigenvalue weighted by Gasteiger charge is -2.31. The lowest BCUT2D eigenvalue weighted by atomic mass is 9.94. The lowest BCUT2D eigenvalue weighted by Crippen LogP contribution is -2.41. The molecule has 0 unspecified atom stereocenters. The van der Waals surface area contributed by atoms with E-state index in [0.29, 0.717) is 16.8 Å². The summed E-state index contributed by atoms with van der Waals surface area (Å²) in [4.78, 5) is 8.42. The van der Waals surface area contributed by atoms with E-state index >= 15 is 0 Å². The Morgan fingerprint density at radius 1 is 1.41 bits per heavy atom. The molecule has 0 aliphatic carbocycles. The zero-order valence-electron chi connectivity index (χ0n) is 10.5. The number of aromatic nitrogens is 2. The second-order valence-electron chi connectivity index (χ2n) is 3.94. The Balaban J connectivity index is 2.96. The number of nitrogens with zero attached hydrogens (tertiary/aromatic N) is 2. The summed E-state index contributed by atoms with van der Waals surface area (Å²) >= 11 is 1.44. The lowest BCUT2D eigenvalue weighted by molar-refractivity contribution is 0.202. The van der Waals surface area contributed by atoms with Gasteiger partial charge in [0.25, 0.3) is 0 Å². The van der Waals surface area contributed by atoms with Crippen molar-refractivity contribution >= 4 is 23.4 Å². The number of rotatable bonds is 6. The first-order valence-electron chi connectivity index (χ1n) is 5.66. The minimum atomic E-state index is -0.337. The molecule has 4 N–H and O–H groups in total. The highest BCUT2D eigenvalue weighted by molar-refractivity contribution is 7.98. The van der Waals surface area contributed by atoms with Crippen molar-refractivity contribution in [1.29, 1.82) is 0 Å². The molecule has 96 valence electrons. The van der Waals surface area contributed by atoms with Gasteiger partial charge in [0.1, 0.15) is 11.6 Å². The molecule has 0 radical (unpaired) electrons. The third-order valence-corrected chi connectivity index (χ3v) is 3.51. The van der Waals surface area contributed by atoms with Gasteiger partial charge in [-0.1, -0.05) is 25.6 Å². The average molecular weight is 256 g/mol. The minimum absolute atomic E-state index is 0.0680. The van der Waals surface area contributed by atoms with Crippen LogP contribution in [0, 0.1) is 0 Å². The van der Waals surface area contributed by atoms with Gasteiger partial charge in [0.05, 0.1) is 12.1 Å². The van der Waals surface area contributed by atoms with Gasteiger partial charge in [0.15, 0.2) is 5.16 Å². The summed E-state index contributed by atoms with van der Waals surface area (Å²) in [6.07, 6.45) is 3.54. The molecule has 0 aliphatic heterocycles. The van der Waals surface area contributed by atoms with Crippen molar-refractivity contribution in [3.63, 3.8) is 0 Å². The molecule has 0 saturated heterocycles. The molecule has 0 aromatic carbocycles. The summed E-state index contributed by atoms with van der Waals surface area (Å²) < 4.78 is 0. The highest BCUT2D eigenvalue weighted by Crippen LogP contribution is 2.23. The van der Waals surface area contributed by atoms with Crippen molar-refractivity contribution in [2.75, 3.05) is 23.9 Å². The molecule has 0 amide bonds. The fourth-order valence-electron chi connectivity index (χ4n) is 1.56. The smallest absolute Gasteiger partial charge is 0.191 e. The van der Waals surface area contributed by atoms with Crippen LogP contribution in [-0.4, -0.2) is 33.5 Å². The molecule has 6 heteroatoms. The van der Waals surface area contributed by atoms with Crippen LogP contribution in [0.2, 0.25) is 0 Å². The molecule has 1 heterocycles. The Morgan fingerprint density at radius 2 is 2.06 bits per heavy atom. The van der Waals surface area contributed by atoms with Crippen LogP contribution in [0.5, 0.6) is 0 Å². The highest BCUT2D eigenvalue weighted by Gasteiger charge is 2.25. The molecule has 5 nitrogen and oxygen atoms in total. The molecule has 0 spiro atoms. The fourth-order valence-corrected chi connectivity index (χ4v) is 1.95. The summed E-state index contributed by atoms with van der Waals surface area (Å²) in [5, 5.41) is 13.4. The van der Waals surface area contributed by atoms with E-state index in [-0.39, 0.29) is 12.1 Å². The number of hydrogen-bond acceptors (Lipinski definition) is 6. The molecule has 17 heavy (non-hydrogen) atoms. The van der Waals surface area contributed by atoms with Gasteiger partial charge < -0.3 is 16.2 Å². The first-order valence-corrected chi connectivity index (χ1v) is 6.89. The molecule has 1 rings (SSSR count). The first kappa shape index (κ1) is 14.1. The highest BCUT2D eigenvalue weighted by atomic mass is 32.2. The normalized spacial score (nSPS) is 11.5. The standard InChI is InChI=1S/C11H20N4OS/c1-4-11(5-2,7-16)15-9-6-8(12)13-10(14-9)17-3/h6,16H,4-5,7H2,1-3H3,(H3,12,13,14,15). The van der Waals surface area contributed by atoms with Crippen LogP contribution in [-0.2, 0) is 0 Å². The fraction of sp³-hybridized carbons (Fsp3) is 0.636. The maximum atomic E-state index is 9.49. The zero-order valence-corrected chi connectivity index (χ0v) is 11.3. The van der Waals surface area contributed by atoms with E-state index < -0.39 is 0 Å². The van der Waals surface area contributed by atoms with Gasteiger partial charge in [-0.25, -0.2) is 9.97 Å². The molecule has 0 atom stereocenters. The monoisotopic (exact) mass is 256 g/mol. The van der Waals surface area contributed by atoms with E-state index in [1.54, 1.807) is 6.07 Å². The van der Waals surface area contributed by atoms with Crippen molar-refractivity contribution in [2.45, 2.75) is 37.4 Å². The van der Waals surface area contributed by atoms with E-state index in [4.69, 9.17) is 5.73 Å². The second-order valence-corrected chi connectivity index (χ2v) is 4.71. The van der Waals surface area contributed by atoms with Crippen LogP contribution < -0.4 is 11.1 Å². The molecule has 0 bridgehead atoms. The van der Waals surface area contributed by atoms with Crippen molar-refractivity contribution in [3.8, 4) is 0 Å². The summed E-state index contributed by atoms with van der Waals surface area (Å²) in [6, 6.07) is 1.69. The Morgan fingerprint density at radius 3 is 2.53 bits per heavy atom. The van der Waals surface area contributed by atoms with Gasteiger partial charge in [-0.15, -0.1) is 0 Å². The number of nitrogens with two attached hydrogens (primary N) is 1. The zero-order chi connectivity index (χ0) is 12.9. The van der Waals surface area contributed by atoms with E-state index in [0.717, 1.165) is 12.8 Å². The SMILES string of the molecule is CCC(CC)(CO)Nc1cc(N)nc(SC)n1. The number of anilines is 2. The molecule has 1 aromatic heterocycles. The van der Waals surface area contributed by atoms with E-state index in [1.807, 2.05) is 20.1 Å². The molecular formula is C11H20N4OS. The molecule has 0 aliphatic rings. The first-order chi connectivity index (χ1) is 8.09. The molecular weight excluding hydrogens is 236 g/mol. The number of nitrogens with one attached hydrogen (secondary N) is 1. The van der Waals surface area contributed by atoms with Gasteiger partial charge >= 0.3 is 0 Å². The van der Waals surface area contributed by atoms with Gasteiger partial charge in [-0.3, -0.25) is 0 Å². The number of hydrogen-bond donors (Lipinski definition) is 3. The Kier molecular flexibility index (Phi) is 5.02. The molecule has 0 saturated carbocycles. The summed E-state index contributed by atoms with van der Waals surface area (Å²) in [5.41, 5.74) is 5.37. The third kappa shape index (κ3) is 3.47. The van der Waals surface area contributed by atoms with Crippen LogP contribution in [0.15, 0.2) is 11.2 Å². The van der Waals surface area contributed by atoms with Gasteiger partial charge in [-0.2, -0.15) is 0 Å². The van der Waals surface area contributed by atoms with Gasteiger partial charge in [0, 0.05) is 6.07 Å². The number of nitrogen functional groups attached to an aromatic ring is 1. The van der Waals surface area contributed by atoms with Crippen molar-refractivity contribution in [2.24, 2.45) is 0 Å². The number of aliphatic hydroxyl groups excluding tert-OH is 1. The van der Waals surface area contributed by atoms with E-state index in [2.05, 4.69) is 15.3 Å². The topological polar surface area (TPSA) is 84.1 Å². The van der Waals surface area contributed by atoms with Crippen molar-refractivity contribution in [3.05, 3.63) is 6.07 Å². The van der Waals surface area contributed by atoms with Gasteiger partial charge in [0.2, 0.25) is 0 Å². The Labute approximate surface area is 106 Å². The number of thioether (sulfide) groups is 1. The maximum Gasteiger partial charge on any atom is 0.191 e. The van der Waals surface area contributed by atoms with E-state index in [9.17, 15) is 5.11 Å². The predicted octanol–water partition coefficient (Wildman–Crippen LogP) is 1.74. The van der Waals surface area contributed by atoms with Crippen LogP contribution >= 0.6 is 11.8 Å². The summed E-state index contributed by atoms with van der Waals surface area (Å²) in [5.74, 6) is 1.10. The quantitative estimate of drug-likeness (QED) is 0.531. The van der Waals surface area contributed by atoms with E-state index in [1.165, 1.54) is 11.8 Å². The van der Waals surface area contributed by atoms with Gasteiger partial charge in [-0.05, 0) is 19.1 Å². The summed E-state index contributed by atoms with van der Waals surface area (Å²) in [7, 11) is 0. The predicted molar refractivity (Wildman–Crippen MR) is 72.2 cm³/mol. The van der Waals surface area contributed by atoms with Crippen LogP contribution in [0.3, 0.4) is 0 Å². The minimum Gasteiger partial charge on any atom is -0.394 e. The average Bonchev–Trinajstić information content (AvgIpc) is 2.35. The third-order valence-electron chi connectivity index (χ3n) is 2.96. The second kappa shape index (κ2) is 6.07.